The molecule has 6 unspecified atom stereocenters. The Morgan fingerprint density at radius 3 is 0.845 bits per heavy atom. The molecule has 0 saturated carbocycles. The first kappa shape index (κ1) is 82.1. The van der Waals surface area contributed by atoms with Gasteiger partial charge in [-0.25, -0.2) is 9.13 Å². The van der Waals surface area contributed by atoms with Crippen LogP contribution in [0.2, 0.25) is 0 Å². The molecule has 498 valence electrons. The minimum Gasteiger partial charge on any atom is -0.462 e. The fourth-order valence-corrected chi connectivity index (χ4v) is 11.1. The van der Waals surface area contributed by atoms with Gasteiger partial charge in [0.1, 0.15) is 19.3 Å². The van der Waals surface area contributed by atoms with E-state index in [9.17, 15) is 43.2 Å². The molecular formula is C65H126O17P2. The van der Waals surface area contributed by atoms with Gasteiger partial charge in [-0.1, -0.05) is 261 Å². The Morgan fingerprint density at radius 2 is 0.571 bits per heavy atom. The Labute approximate surface area is 511 Å². The largest absolute Gasteiger partial charge is 0.472 e. The quantitative estimate of drug-likeness (QED) is 0.0222. The highest BCUT2D eigenvalue weighted by Gasteiger charge is 2.30. The highest BCUT2D eigenvalue weighted by molar-refractivity contribution is 7.47. The number of unbranched alkanes of at least 4 members (excludes halogenated alkanes) is 25. The molecule has 0 bridgehead atoms. The summed E-state index contributed by atoms with van der Waals surface area (Å²) in [7, 11) is -9.89. The summed E-state index contributed by atoms with van der Waals surface area (Å²) in [6, 6.07) is 0. The van der Waals surface area contributed by atoms with Crippen molar-refractivity contribution in [3.05, 3.63) is 0 Å². The number of aliphatic hydroxyl groups is 1. The van der Waals surface area contributed by atoms with Gasteiger partial charge >= 0.3 is 39.5 Å². The van der Waals surface area contributed by atoms with Crippen molar-refractivity contribution in [2.24, 2.45) is 23.7 Å². The Balaban J connectivity index is 5.27. The van der Waals surface area contributed by atoms with Crippen molar-refractivity contribution < 1.29 is 80.2 Å². The average Bonchev–Trinajstić information content (AvgIpc) is 3.46. The molecule has 0 radical (unpaired) electrons. The van der Waals surface area contributed by atoms with Crippen LogP contribution in [0.15, 0.2) is 0 Å². The lowest BCUT2D eigenvalue weighted by molar-refractivity contribution is -0.161. The smallest absolute Gasteiger partial charge is 0.462 e. The number of aliphatic hydroxyl groups excluding tert-OH is 1. The summed E-state index contributed by atoms with van der Waals surface area (Å²) in [5.74, 6) is 0.831. The number of hydrogen-bond acceptors (Lipinski definition) is 15. The van der Waals surface area contributed by atoms with Crippen molar-refractivity contribution in [3.63, 3.8) is 0 Å². The predicted molar refractivity (Wildman–Crippen MR) is 335 cm³/mol. The molecule has 84 heavy (non-hydrogen) atoms. The van der Waals surface area contributed by atoms with Gasteiger partial charge in [-0.05, 0) is 49.4 Å². The van der Waals surface area contributed by atoms with Crippen molar-refractivity contribution in [3.8, 4) is 0 Å². The molecule has 0 aliphatic rings. The van der Waals surface area contributed by atoms with Gasteiger partial charge in [0.05, 0.1) is 26.4 Å². The number of phosphoric ester groups is 2. The molecule has 8 atom stereocenters. The number of ether oxygens (including phenoxy) is 4. The SMILES string of the molecule is CCC(C)CCCCCCCCCCC(=O)OC[C@H](COP(=O)(O)OCC(O)COP(=O)(O)OC[C@@H](COC(=O)CCCCCCCCCC(C)C)OC(=O)CCCCCCCCCCC(C)CC)OC(=O)CCCCCCCCC(C)CC. The van der Waals surface area contributed by atoms with Gasteiger partial charge < -0.3 is 33.8 Å². The Hall–Kier alpha value is -1.94. The zero-order chi connectivity index (χ0) is 62.5. The summed E-state index contributed by atoms with van der Waals surface area (Å²) >= 11 is 0. The van der Waals surface area contributed by atoms with Crippen LogP contribution >= 0.6 is 15.6 Å². The molecule has 0 amide bonds. The van der Waals surface area contributed by atoms with Crippen molar-refractivity contribution in [1.29, 1.82) is 0 Å². The second-order valence-corrected chi connectivity index (χ2v) is 27.6. The van der Waals surface area contributed by atoms with E-state index < -0.39 is 97.5 Å². The molecule has 3 N–H and O–H groups in total. The molecular weight excluding hydrogens is 1110 g/mol. The fraction of sp³-hybridized carbons (Fsp3) is 0.938. The predicted octanol–water partition coefficient (Wildman–Crippen LogP) is 17.8. The second-order valence-electron chi connectivity index (χ2n) is 24.7. The van der Waals surface area contributed by atoms with Crippen molar-refractivity contribution in [2.45, 2.75) is 331 Å². The van der Waals surface area contributed by atoms with E-state index in [1.54, 1.807) is 0 Å². The first-order valence-corrected chi connectivity index (χ1v) is 36.8. The third kappa shape index (κ3) is 55.4. The Kier molecular flexibility index (Phi) is 53.9. The molecule has 0 saturated heterocycles. The maximum absolute atomic E-state index is 13.0. The number of carbonyl (C=O) groups is 4. The van der Waals surface area contributed by atoms with E-state index in [0.717, 1.165) is 114 Å². The minimum atomic E-state index is -4.95. The van der Waals surface area contributed by atoms with E-state index in [2.05, 4.69) is 55.4 Å². The van der Waals surface area contributed by atoms with Gasteiger partial charge in [-0.3, -0.25) is 37.3 Å². The van der Waals surface area contributed by atoms with Crippen molar-refractivity contribution in [1.82, 2.24) is 0 Å². The topological polar surface area (TPSA) is 237 Å². The van der Waals surface area contributed by atoms with Crippen LogP contribution in [0.25, 0.3) is 0 Å². The number of phosphoric acid groups is 2. The van der Waals surface area contributed by atoms with Crippen LogP contribution in [0.1, 0.15) is 312 Å². The van der Waals surface area contributed by atoms with Crippen LogP contribution < -0.4 is 0 Å². The van der Waals surface area contributed by atoms with E-state index in [1.165, 1.54) is 109 Å². The van der Waals surface area contributed by atoms with Gasteiger partial charge in [-0.2, -0.15) is 0 Å². The molecule has 17 nitrogen and oxygen atoms in total. The molecule has 0 fully saturated rings. The van der Waals surface area contributed by atoms with Crippen LogP contribution in [0.5, 0.6) is 0 Å². The van der Waals surface area contributed by atoms with Crippen LogP contribution in [-0.4, -0.2) is 96.7 Å². The molecule has 0 rings (SSSR count). The summed E-state index contributed by atoms with van der Waals surface area (Å²) in [6.07, 6.45) is 34.8. The van der Waals surface area contributed by atoms with E-state index in [1.807, 2.05) is 0 Å². The van der Waals surface area contributed by atoms with Crippen molar-refractivity contribution >= 4 is 39.5 Å². The summed E-state index contributed by atoms with van der Waals surface area (Å²) in [6.45, 7) is 14.0. The number of esters is 4. The Morgan fingerprint density at radius 1 is 0.333 bits per heavy atom. The van der Waals surface area contributed by atoms with E-state index in [4.69, 9.17) is 37.0 Å². The zero-order valence-electron chi connectivity index (χ0n) is 54.5. The molecule has 0 aliphatic carbocycles. The average molecular weight is 1240 g/mol. The summed E-state index contributed by atoms with van der Waals surface area (Å²) in [4.78, 5) is 72.3. The zero-order valence-corrected chi connectivity index (χ0v) is 56.3. The van der Waals surface area contributed by atoms with Gasteiger partial charge in [0.15, 0.2) is 12.2 Å². The van der Waals surface area contributed by atoms with E-state index >= 15 is 0 Å². The van der Waals surface area contributed by atoms with Gasteiger partial charge in [-0.15, -0.1) is 0 Å². The van der Waals surface area contributed by atoms with Gasteiger partial charge in [0, 0.05) is 25.7 Å². The lowest BCUT2D eigenvalue weighted by Gasteiger charge is -2.21. The summed E-state index contributed by atoms with van der Waals surface area (Å²) in [5.41, 5.74) is 0. The number of hydrogen-bond donors (Lipinski definition) is 3. The molecule has 0 spiro atoms. The highest BCUT2D eigenvalue weighted by Crippen LogP contribution is 2.45. The highest BCUT2D eigenvalue weighted by atomic mass is 31.2. The second kappa shape index (κ2) is 55.2. The van der Waals surface area contributed by atoms with Crippen LogP contribution in [0.3, 0.4) is 0 Å². The molecule has 0 aromatic carbocycles. The molecule has 0 aromatic rings. The standard InChI is InChI=1S/C65H126O17P2/c1-9-56(6)42-34-26-18-12-14-20-29-37-45-62(67)75-52-61(82-65(70)48-40-32-24-23-28-36-44-58(8)11-3)54-80-84(73,74)78-50-59(66)49-77-83(71,72)79-53-60(51-76-63(68)46-38-30-22-16-17-25-33-41-55(4)5)81-64(69)47-39-31-21-15-13-19-27-35-43-57(7)10-2/h55-61,66H,9-54H2,1-8H3,(H,71,72)(H,73,74)/t56?,57?,58?,59?,60-,61-/m1/s1. The van der Waals surface area contributed by atoms with Crippen LogP contribution in [0.4, 0.5) is 0 Å². The van der Waals surface area contributed by atoms with Gasteiger partial charge in [0.2, 0.25) is 0 Å². The monoisotopic (exact) mass is 1240 g/mol. The molecule has 19 heteroatoms. The third-order valence-corrected chi connectivity index (χ3v) is 17.8. The molecule has 0 aromatic heterocycles. The number of carbonyl (C=O) groups excluding carboxylic acids is 4. The van der Waals surface area contributed by atoms with Crippen LogP contribution in [0, 0.1) is 23.7 Å². The Bertz CT molecular complexity index is 1680. The van der Waals surface area contributed by atoms with Crippen molar-refractivity contribution in [2.75, 3.05) is 39.6 Å². The fourth-order valence-electron chi connectivity index (χ4n) is 9.51. The lowest BCUT2D eigenvalue weighted by Crippen LogP contribution is -2.30. The maximum Gasteiger partial charge on any atom is 0.472 e. The van der Waals surface area contributed by atoms with Crippen LogP contribution in [-0.2, 0) is 65.4 Å². The normalized spacial score (nSPS) is 15.4. The van der Waals surface area contributed by atoms with Gasteiger partial charge in [0.25, 0.3) is 0 Å². The van der Waals surface area contributed by atoms with E-state index in [-0.39, 0.29) is 25.7 Å². The first-order chi connectivity index (χ1) is 40.2. The number of rotatable bonds is 62. The maximum atomic E-state index is 13.0. The minimum absolute atomic E-state index is 0.102. The summed E-state index contributed by atoms with van der Waals surface area (Å²) < 4.78 is 68.0. The molecule has 0 aliphatic heterocycles. The van der Waals surface area contributed by atoms with E-state index in [0.29, 0.717) is 31.6 Å². The third-order valence-electron chi connectivity index (χ3n) is 15.9. The summed E-state index contributed by atoms with van der Waals surface area (Å²) in [5, 5.41) is 10.5. The lowest BCUT2D eigenvalue weighted by atomic mass is 9.99. The molecule has 0 heterocycles. The first-order valence-electron chi connectivity index (χ1n) is 33.8.